The van der Waals surface area contributed by atoms with Crippen LogP contribution in [0.1, 0.15) is 19.4 Å². The molecule has 0 saturated carbocycles. The molecule has 18 heavy (non-hydrogen) atoms. The van der Waals surface area contributed by atoms with Gasteiger partial charge in [-0.3, -0.25) is 9.80 Å². The molecule has 1 heterocycles. The first-order valence-electron chi connectivity index (χ1n) is 6.36. The zero-order chi connectivity index (χ0) is 13.3. The van der Waals surface area contributed by atoms with Crippen molar-refractivity contribution in [2.24, 2.45) is 0 Å². The lowest BCUT2D eigenvalue weighted by Gasteiger charge is -2.45. The summed E-state index contributed by atoms with van der Waals surface area (Å²) in [6.07, 6.45) is 0. The van der Waals surface area contributed by atoms with Crippen molar-refractivity contribution in [2.45, 2.75) is 25.9 Å². The summed E-state index contributed by atoms with van der Waals surface area (Å²) in [5, 5.41) is 0.770. The van der Waals surface area contributed by atoms with Gasteiger partial charge in [0.2, 0.25) is 0 Å². The van der Waals surface area contributed by atoms with Crippen molar-refractivity contribution >= 4 is 17.3 Å². The molecule has 0 radical (unpaired) electrons. The van der Waals surface area contributed by atoms with Crippen LogP contribution >= 0.6 is 11.6 Å². The summed E-state index contributed by atoms with van der Waals surface area (Å²) in [4.78, 5) is 4.87. The normalized spacial score (nSPS) is 21.1. The highest BCUT2D eigenvalue weighted by Gasteiger charge is 2.30. The molecule has 0 unspecified atom stereocenters. The Labute approximate surface area is 115 Å². The van der Waals surface area contributed by atoms with Crippen LogP contribution in [0.4, 0.5) is 5.69 Å². The van der Waals surface area contributed by atoms with Crippen molar-refractivity contribution in [2.75, 3.05) is 32.4 Å². The predicted molar refractivity (Wildman–Crippen MR) is 77.9 cm³/mol. The van der Waals surface area contributed by atoms with Crippen LogP contribution in [-0.2, 0) is 6.54 Å². The number of benzene rings is 1. The van der Waals surface area contributed by atoms with Crippen molar-refractivity contribution in [3.05, 3.63) is 28.8 Å². The van der Waals surface area contributed by atoms with Gasteiger partial charge in [0.05, 0.1) is 0 Å². The second kappa shape index (κ2) is 5.08. The fraction of sp³-hybridized carbons (Fsp3) is 0.571. The van der Waals surface area contributed by atoms with E-state index in [9.17, 15) is 0 Å². The van der Waals surface area contributed by atoms with Gasteiger partial charge in [0.25, 0.3) is 0 Å². The summed E-state index contributed by atoms with van der Waals surface area (Å²) in [6, 6.07) is 5.78. The number of nitrogens with two attached hydrogens (primary N) is 1. The monoisotopic (exact) mass is 267 g/mol. The number of hydrogen-bond acceptors (Lipinski definition) is 3. The van der Waals surface area contributed by atoms with E-state index in [-0.39, 0.29) is 5.54 Å². The topological polar surface area (TPSA) is 32.5 Å². The molecule has 1 aliphatic heterocycles. The minimum atomic E-state index is 0.221. The highest BCUT2D eigenvalue weighted by Crippen LogP contribution is 2.24. The Morgan fingerprint density at radius 1 is 1.33 bits per heavy atom. The maximum absolute atomic E-state index is 6.23. The average Bonchev–Trinajstić information content (AvgIpc) is 2.27. The van der Waals surface area contributed by atoms with E-state index in [1.54, 1.807) is 0 Å². The molecule has 1 saturated heterocycles. The number of halogens is 1. The summed E-state index contributed by atoms with van der Waals surface area (Å²) < 4.78 is 0. The first-order valence-corrected chi connectivity index (χ1v) is 6.74. The molecular weight excluding hydrogens is 246 g/mol. The fourth-order valence-electron chi connectivity index (χ4n) is 2.41. The van der Waals surface area contributed by atoms with Gasteiger partial charge >= 0.3 is 0 Å². The van der Waals surface area contributed by atoms with Gasteiger partial charge in [-0.1, -0.05) is 17.7 Å². The number of anilines is 1. The number of rotatable bonds is 2. The van der Waals surface area contributed by atoms with Gasteiger partial charge in [0.1, 0.15) is 0 Å². The number of nitrogens with zero attached hydrogens (tertiary/aromatic N) is 2. The molecular formula is C14H22ClN3. The number of hydrogen-bond donors (Lipinski definition) is 1. The molecule has 1 aromatic carbocycles. The van der Waals surface area contributed by atoms with Crippen LogP contribution in [0.3, 0.4) is 0 Å². The molecule has 1 aliphatic rings. The van der Waals surface area contributed by atoms with Crippen molar-refractivity contribution in [3.63, 3.8) is 0 Å². The van der Waals surface area contributed by atoms with Gasteiger partial charge in [0.15, 0.2) is 0 Å². The highest BCUT2D eigenvalue weighted by atomic mass is 35.5. The summed E-state index contributed by atoms with van der Waals surface area (Å²) in [5.41, 5.74) is 7.82. The zero-order valence-corrected chi connectivity index (χ0v) is 12.2. The van der Waals surface area contributed by atoms with Crippen LogP contribution in [0.25, 0.3) is 0 Å². The molecule has 3 nitrogen and oxygen atoms in total. The smallest absolute Gasteiger partial charge is 0.0471 e. The first-order chi connectivity index (χ1) is 8.38. The Kier molecular flexibility index (Phi) is 3.85. The lowest BCUT2D eigenvalue weighted by atomic mass is 9.99. The Bertz CT molecular complexity index is 431. The van der Waals surface area contributed by atoms with Gasteiger partial charge < -0.3 is 5.73 Å². The molecule has 0 amide bonds. The minimum absolute atomic E-state index is 0.221. The van der Waals surface area contributed by atoms with Gasteiger partial charge in [-0.25, -0.2) is 0 Å². The Hall–Kier alpha value is -0.770. The molecule has 0 bridgehead atoms. The maximum Gasteiger partial charge on any atom is 0.0471 e. The highest BCUT2D eigenvalue weighted by molar-refractivity contribution is 6.31. The van der Waals surface area contributed by atoms with E-state index in [0.29, 0.717) is 0 Å². The van der Waals surface area contributed by atoms with E-state index < -0.39 is 0 Å². The molecule has 0 spiro atoms. The van der Waals surface area contributed by atoms with Gasteiger partial charge in [-0.2, -0.15) is 0 Å². The standard InChI is InChI=1S/C14H22ClN3/c1-14(2)10-18(7-6-17(14)3)9-11-4-5-12(16)8-13(11)15/h4-5,8H,6-7,9-10,16H2,1-3H3. The lowest BCUT2D eigenvalue weighted by molar-refractivity contribution is 0.0360. The second-order valence-corrected chi connectivity index (χ2v) is 6.20. The van der Waals surface area contributed by atoms with Crippen LogP contribution in [0.2, 0.25) is 5.02 Å². The minimum Gasteiger partial charge on any atom is -0.399 e. The Morgan fingerprint density at radius 3 is 2.67 bits per heavy atom. The fourth-order valence-corrected chi connectivity index (χ4v) is 2.66. The molecule has 1 aromatic rings. The molecule has 1 fully saturated rings. The van der Waals surface area contributed by atoms with Gasteiger partial charge in [0, 0.05) is 42.4 Å². The summed E-state index contributed by atoms with van der Waals surface area (Å²) in [5.74, 6) is 0. The molecule has 0 atom stereocenters. The van der Waals surface area contributed by atoms with E-state index in [1.807, 2.05) is 18.2 Å². The number of piperazine rings is 1. The Balaban J connectivity index is 2.06. The third-order valence-corrected chi connectivity index (χ3v) is 4.22. The van der Waals surface area contributed by atoms with Gasteiger partial charge in [-0.05, 0) is 38.6 Å². The predicted octanol–water partition coefficient (Wildman–Crippen LogP) is 2.45. The van der Waals surface area contributed by atoms with Gasteiger partial charge in [-0.15, -0.1) is 0 Å². The Morgan fingerprint density at radius 2 is 2.06 bits per heavy atom. The van der Waals surface area contributed by atoms with Crippen LogP contribution in [0.15, 0.2) is 18.2 Å². The molecule has 0 aliphatic carbocycles. The van der Waals surface area contributed by atoms with E-state index in [4.69, 9.17) is 17.3 Å². The SMILES string of the molecule is CN1CCN(Cc2ccc(N)cc2Cl)CC1(C)C. The molecule has 2 rings (SSSR count). The van der Waals surface area contributed by atoms with Crippen LogP contribution in [0, 0.1) is 0 Å². The molecule has 0 aromatic heterocycles. The third kappa shape index (κ3) is 2.97. The van der Waals surface area contributed by atoms with Crippen LogP contribution in [-0.4, -0.2) is 42.0 Å². The first kappa shape index (κ1) is 13.7. The summed E-state index contributed by atoms with van der Waals surface area (Å²) in [7, 11) is 2.19. The zero-order valence-electron chi connectivity index (χ0n) is 11.4. The molecule has 2 N–H and O–H groups in total. The maximum atomic E-state index is 6.23. The number of nitrogen functional groups attached to an aromatic ring is 1. The van der Waals surface area contributed by atoms with E-state index >= 15 is 0 Å². The van der Waals surface area contributed by atoms with Crippen LogP contribution in [0.5, 0.6) is 0 Å². The average molecular weight is 268 g/mol. The summed E-state index contributed by atoms with van der Waals surface area (Å²) in [6.45, 7) is 8.70. The third-order valence-electron chi connectivity index (χ3n) is 3.87. The van der Waals surface area contributed by atoms with Crippen molar-refractivity contribution in [3.8, 4) is 0 Å². The van der Waals surface area contributed by atoms with E-state index in [0.717, 1.165) is 42.5 Å². The van der Waals surface area contributed by atoms with E-state index in [2.05, 4.69) is 30.7 Å². The quantitative estimate of drug-likeness (QED) is 0.836. The van der Waals surface area contributed by atoms with Crippen molar-refractivity contribution < 1.29 is 0 Å². The molecule has 100 valence electrons. The van der Waals surface area contributed by atoms with Crippen molar-refractivity contribution in [1.29, 1.82) is 0 Å². The van der Waals surface area contributed by atoms with Crippen molar-refractivity contribution in [1.82, 2.24) is 9.80 Å². The lowest BCUT2D eigenvalue weighted by Crippen LogP contribution is -2.57. The summed E-state index contributed by atoms with van der Waals surface area (Å²) >= 11 is 6.23. The van der Waals surface area contributed by atoms with Crippen LogP contribution < -0.4 is 5.73 Å². The second-order valence-electron chi connectivity index (χ2n) is 5.80. The largest absolute Gasteiger partial charge is 0.399 e. The number of likely N-dealkylation sites (N-methyl/N-ethyl adjacent to an activating group) is 1. The molecule has 4 heteroatoms. The van der Waals surface area contributed by atoms with E-state index in [1.165, 1.54) is 0 Å².